The quantitative estimate of drug-likeness (QED) is 0.714. The van der Waals surface area contributed by atoms with E-state index in [2.05, 4.69) is 29.0 Å². The Bertz CT molecular complexity index is 562. The monoisotopic (exact) mass is 316 g/mol. The summed E-state index contributed by atoms with van der Waals surface area (Å²) in [5.41, 5.74) is 1.25. The van der Waals surface area contributed by atoms with Crippen LogP contribution in [-0.2, 0) is 16.6 Å². The second kappa shape index (κ2) is 7.38. The first kappa shape index (κ1) is 18.1. The Morgan fingerprint density at radius 1 is 1.14 bits per heavy atom. The highest BCUT2D eigenvalue weighted by atomic mass is 32.2. The van der Waals surface area contributed by atoms with E-state index in [0.29, 0.717) is 28.9 Å². The first-order valence-corrected chi connectivity index (χ1v) is 8.93. The van der Waals surface area contributed by atoms with Crippen LogP contribution >= 0.6 is 0 Å². The molecule has 7 heteroatoms. The summed E-state index contributed by atoms with van der Waals surface area (Å²) >= 11 is 0. The van der Waals surface area contributed by atoms with Gasteiger partial charge in [0.1, 0.15) is 4.90 Å². The lowest BCUT2D eigenvalue weighted by Crippen LogP contribution is -2.31. The molecule has 1 heterocycles. The lowest BCUT2D eigenvalue weighted by Gasteiger charge is -2.11. The second-order valence-electron chi connectivity index (χ2n) is 5.96. The third-order valence-corrected chi connectivity index (χ3v) is 4.98. The van der Waals surface area contributed by atoms with E-state index >= 15 is 0 Å². The summed E-state index contributed by atoms with van der Waals surface area (Å²) < 4.78 is 29.1. The van der Waals surface area contributed by atoms with Crippen LogP contribution in [0.1, 0.15) is 45.5 Å². The Hall–Kier alpha value is -0.920. The molecule has 0 saturated heterocycles. The van der Waals surface area contributed by atoms with Crippen LogP contribution in [0.5, 0.6) is 0 Å². The van der Waals surface area contributed by atoms with Gasteiger partial charge in [-0.25, -0.2) is 13.1 Å². The van der Waals surface area contributed by atoms with Gasteiger partial charge in [-0.3, -0.25) is 4.68 Å². The average molecular weight is 316 g/mol. The summed E-state index contributed by atoms with van der Waals surface area (Å²) in [4.78, 5) is 0.313. The number of hydrogen-bond donors (Lipinski definition) is 2. The molecule has 0 aliphatic carbocycles. The van der Waals surface area contributed by atoms with Crippen LogP contribution in [0.25, 0.3) is 0 Å². The van der Waals surface area contributed by atoms with Gasteiger partial charge >= 0.3 is 0 Å². The summed E-state index contributed by atoms with van der Waals surface area (Å²) in [6.45, 7) is 13.0. The van der Waals surface area contributed by atoms with Crippen LogP contribution in [0, 0.1) is 13.8 Å². The smallest absolute Gasteiger partial charge is 0.244 e. The molecule has 0 spiro atoms. The van der Waals surface area contributed by atoms with Gasteiger partial charge in [-0.05, 0) is 40.7 Å². The summed E-state index contributed by atoms with van der Waals surface area (Å²) in [6, 6.07) is 0.323. The fourth-order valence-corrected chi connectivity index (χ4v) is 3.94. The predicted molar refractivity (Wildman–Crippen MR) is 84.9 cm³/mol. The molecule has 21 heavy (non-hydrogen) atoms. The van der Waals surface area contributed by atoms with Gasteiger partial charge in [-0.1, -0.05) is 13.8 Å². The van der Waals surface area contributed by atoms with E-state index in [1.807, 2.05) is 20.8 Å². The maximum atomic E-state index is 12.3. The number of aromatic nitrogens is 2. The topological polar surface area (TPSA) is 76.0 Å². The molecule has 0 radical (unpaired) electrons. The van der Waals surface area contributed by atoms with E-state index in [1.54, 1.807) is 11.6 Å². The van der Waals surface area contributed by atoms with Gasteiger partial charge < -0.3 is 5.32 Å². The fourth-order valence-electron chi connectivity index (χ4n) is 2.28. The van der Waals surface area contributed by atoms with Crippen molar-refractivity contribution in [1.29, 1.82) is 0 Å². The van der Waals surface area contributed by atoms with Gasteiger partial charge in [0.05, 0.1) is 11.4 Å². The predicted octanol–water partition coefficient (Wildman–Crippen LogP) is 1.57. The van der Waals surface area contributed by atoms with Gasteiger partial charge in [0.2, 0.25) is 10.0 Å². The minimum absolute atomic E-state index is 0.132. The first-order chi connectivity index (χ1) is 9.65. The maximum Gasteiger partial charge on any atom is 0.244 e. The number of aryl methyl sites for hydroxylation is 2. The molecule has 0 fully saturated rings. The first-order valence-electron chi connectivity index (χ1n) is 7.45. The van der Waals surface area contributed by atoms with Gasteiger partial charge in [0.25, 0.3) is 0 Å². The van der Waals surface area contributed by atoms with Gasteiger partial charge in [0, 0.05) is 18.6 Å². The Morgan fingerprint density at radius 3 is 2.29 bits per heavy atom. The standard InChI is InChI=1S/C14H28N4O2S/c1-10(2)15-8-7-9-18-13(6)14(12(5)16-18)21(19,20)17-11(3)4/h10-11,15,17H,7-9H2,1-6H3. The Morgan fingerprint density at radius 2 is 1.76 bits per heavy atom. The van der Waals surface area contributed by atoms with E-state index in [-0.39, 0.29) is 6.04 Å². The summed E-state index contributed by atoms with van der Waals surface area (Å²) in [5.74, 6) is 0. The molecule has 0 saturated carbocycles. The molecule has 0 atom stereocenters. The van der Waals surface area contributed by atoms with E-state index in [4.69, 9.17) is 0 Å². The summed E-state index contributed by atoms with van der Waals surface area (Å²) in [5, 5.41) is 7.71. The van der Waals surface area contributed by atoms with Gasteiger partial charge in [-0.15, -0.1) is 0 Å². The number of rotatable bonds is 8. The molecular weight excluding hydrogens is 288 g/mol. The lowest BCUT2D eigenvalue weighted by atomic mass is 10.3. The zero-order chi connectivity index (χ0) is 16.2. The number of hydrogen-bond acceptors (Lipinski definition) is 4. The second-order valence-corrected chi connectivity index (χ2v) is 7.61. The third kappa shape index (κ3) is 5.09. The van der Waals surface area contributed by atoms with Crippen molar-refractivity contribution >= 4 is 10.0 Å². The molecule has 0 bridgehead atoms. The van der Waals surface area contributed by atoms with Crippen molar-refractivity contribution in [3.63, 3.8) is 0 Å². The lowest BCUT2D eigenvalue weighted by molar-refractivity contribution is 0.505. The van der Waals surface area contributed by atoms with Crippen LogP contribution < -0.4 is 10.0 Å². The van der Waals surface area contributed by atoms with Crippen molar-refractivity contribution in [2.45, 2.75) is 71.5 Å². The molecular formula is C14H28N4O2S. The van der Waals surface area contributed by atoms with Crippen molar-refractivity contribution < 1.29 is 8.42 Å². The Labute approximate surface area is 128 Å². The Balaban J connectivity index is 2.85. The molecule has 0 unspecified atom stereocenters. The zero-order valence-electron chi connectivity index (χ0n) is 13.9. The molecule has 0 aliphatic heterocycles. The van der Waals surface area contributed by atoms with Crippen LogP contribution in [0.15, 0.2) is 4.90 Å². The largest absolute Gasteiger partial charge is 0.314 e. The zero-order valence-corrected chi connectivity index (χ0v) is 14.7. The summed E-state index contributed by atoms with van der Waals surface area (Å²) in [7, 11) is -3.49. The summed E-state index contributed by atoms with van der Waals surface area (Å²) in [6.07, 6.45) is 0.914. The fraction of sp³-hybridized carbons (Fsp3) is 0.786. The van der Waals surface area contributed by atoms with E-state index < -0.39 is 10.0 Å². The highest BCUT2D eigenvalue weighted by Gasteiger charge is 2.24. The molecule has 6 nitrogen and oxygen atoms in total. The average Bonchev–Trinajstić information content (AvgIpc) is 2.58. The van der Waals surface area contributed by atoms with Crippen molar-refractivity contribution in [3.05, 3.63) is 11.4 Å². The SMILES string of the molecule is Cc1nn(CCCNC(C)C)c(C)c1S(=O)(=O)NC(C)C. The number of sulfonamides is 1. The normalized spacial score (nSPS) is 12.6. The van der Waals surface area contributed by atoms with Crippen molar-refractivity contribution in [3.8, 4) is 0 Å². The van der Waals surface area contributed by atoms with Crippen LogP contribution in [-0.4, -0.2) is 36.8 Å². The molecule has 1 rings (SSSR count). The van der Waals surface area contributed by atoms with Crippen LogP contribution in [0.2, 0.25) is 0 Å². The minimum Gasteiger partial charge on any atom is -0.314 e. The third-order valence-electron chi connectivity index (χ3n) is 3.07. The molecule has 1 aromatic rings. The van der Waals surface area contributed by atoms with Crippen molar-refractivity contribution in [2.75, 3.05) is 6.54 Å². The molecule has 0 amide bonds. The molecule has 0 aromatic carbocycles. The van der Waals surface area contributed by atoms with Gasteiger partial charge in [0.15, 0.2) is 0 Å². The maximum absolute atomic E-state index is 12.3. The number of nitrogens with one attached hydrogen (secondary N) is 2. The molecule has 2 N–H and O–H groups in total. The molecule has 0 aliphatic rings. The van der Waals surface area contributed by atoms with Crippen LogP contribution in [0.4, 0.5) is 0 Å². The highest BCUT2D eigenvalue weighted by Crippen LogP contribution is 2.19. The van der Waals surface area contributed by atoms with E-state index in [9.17, 15) is 8.42 Å². The van der Waals surface area contributed by atoms with Gasteiger partial charge in [-0.2, -0.15) is 5.10 Å². The molecule has 1 aromatic heterocycles. The molecule has 122 valence electrons. The van der Waals surface area contributed by atoms with E-state index in [0.717, 1.165) is 13.0 Å². The Kier molecular flexibility index (Phi) is 6.37. The van der Waals surface area contributed by atoms with Crippen molar-refractivity contribution in [2.24, 2.45) is 0 Å². The van der Waals surface area contributed by atoms with Crippen LogP contribution in [0.3, 0.4) is 0 Å². The van der Waals surface area contributed by atoms with Crippen molar-refractivity contribution in [1.82, 2.24) is 19.8 Å². The minimum atomic E-state index is -3.49. The van der Waals surface area contributed by atoms with E-state index in [1.165, 1.54) is 0 Å². The number of nitrogens with zero attached hydrogens (tertiary/aromatic N) is 2. The highest BCUT2D eigenvalue weighted by molar-refractivity contribution is 7.89.